The Bertz CT molecular complexity index is 1120. The van der Waals surface area contributed by atoms with Gasteiger partial charge < -0.3 is 9.64 Å². The molecule has 1 fully saturated rings. The number of carbonyl (C=O) groups excluding carboxylic acids is 1. The van der Waals surface area contributed by atoms with Crippen molar-refractivity contribution in [2.45, 2.75) is 26.2 Å². The molecule has 0 spiro atoms. The molecule has 1 aliphatic rings. The second kappa shape index (κ2) is 9.11. The zero-order valence-electron chi connectivity index (χ0n) is 17.3. The highest BCUT2D eigenvalue weighted by Gasteiger charge is 2.27. The molecule has 3 heterocycles. The van der Waals surface area contributed by atoms with Gasteiger partial charge in [-0.1, -0.05) is 12.1 Å². The van der Waals surface area contributed by atoms with E-state index in [1.54, 1.807) is 41.4 Å². The minimum atomic E-state index is -0.478. The van der Waals surface area contributed by atoms with Crippen molar-refractivity contribution in [3.63, 3.8) is 0 Å². The Balaban J connectivity index is 1.44. The maximum atomic E-state index is 14.2. The van der Waals surface area contributed by atoms with E-state index in [2.05, 4.69) is 15.2 Å². The molecule has 31 heavy (non-hydrogen) atoms. The summed E-state index contributed by atoms with van der Waals surface area (Å²) in [5.41, 5.74) is 0.181. The van der Waals surface area contributed by atoms with Crippen LogP contribution in [0, 0.1) is 11.7 Å². The number of halogens is 1. The number of para-hydroxylation sites is 1. The van der Waals surface area contributed by atoms with Crippen molar-refractivity contribution >= 4 is 5.91 Å². The molecule has 1 N–H and O–H groups in total. The Labute approximate surface area is 178 Å². The summed E-state index contributed by atoms with van der Waals surface area (Å²) in [6.07, 6.45) is 3.64. The number of H-pyrrole nitrogens is 1. The third-order valence-corrected chi connectivity index (χ3v) is 5.49. The largest absolute Gasteiger partial charge is 0.477 e. The van der Waals surface area contributed by atoms with Crippen molar-refractivity contribution < 1.29 is 13.9 Å². The van der Waals surface area contributed by atoms with Crippen LogP contribution >= 0.6 is 0 Å². The molecule has 4 rings (SSSR count). The van der Waals surface area contributed by atoms with Gasteiger partial charge in [0.05, 0.1) is 12.3 Å². The standard InChI is InChI=1S/C22H24FN5O3/c1-2-31-20-16(6-5-11-24-20)21(29)27-12-9-15(10-13-27)14-19-25-26-22(30)28(19)18-8-4-3-7-17(18)23/h3-8,11,15H,2,9-10,12-14H2,1H3,(H,26,30). The SMILES string of the molecule is CCOc1ncccc1C(=O)N1CCC(Cc2n[nH]c(=O)n2-c2ccccc2F)CC1. The van der Waals surface area contributed by atoms with Crippen molar-refractivity contribution in [1.29, 1.82) is 0 Å². The molecule has 0 saturated carbocycles. The summed E-state index contributed by atoms with van der Waals surface area (Å²) in [6, 6.07) is 9.58. The lowest BCUT2D eigenvalue weighted by Gasteiger charge is -2.32. The monoisotopic (exact) mass is 425 g/mol. The number of benzene rings is 1. The molecule has 0 aliphatic carbocycles. The topological polar surface area (TPSA) is 93.1 Å². The van der Waals surface area contributed by atoms with Gasteiger partial charge in [0.2, 0.25) is 5.88 Å². The second-order valence-electron chi connectivity index (χ2n) is 7.46. The molecule has 2 aromatic heterocycles. The van der Waals surface area contributed by atoms with Gasteiger partial charge in [-0.3, -0.25) is 4.79 Å². The van der Waals surface area contributed by atoms with E-state index in [-0.39, 0.29) is 17.5 Å². The summed E-state index contributed by atoms with van der Waals surface area (Å²) in [5, 5.41) is 6.54. The number of hydrogen-bond donors (Lipinski definition) is 1. The van der Waals surface area contributed by atoms with Crippen LogP contribution in [0.4, 0.5) is 4.39 Å². The van der Waals surface area contributed by atoms with Gasteiger partial charge in [0.25, 0.3) is 5.91 Å². The van der Waals surface area contributed by atoms with Crippen LogP contribution in [0.25, 0.3) is 5.69 Å². The number of aromatic amines is 1. The molecule has 0 bridgehead atoms. The summed E-state index contributed by atoms with van der Waals surface area (Å²) < 4.78 is 21.0. The minimum absolute atomic E-state index is 0.0990. The van der Waals surface area contributed by atoms with E-state index in [0.717, 1.165) is 12.8 Å². The van der Waals surface area contributed by atoms with Crippen LogP contribution in [-0.2, 0) is 6.42 Å². The third kappa shape index (κ3) is 4.35. The number of hydrogen-bond acceptors (Lipinski definition) is 5. The fourth-order valence-corrected chi connectivity index (χ4v) is 3.92. The maximum absolute atomic E-state index is 14.2. The number of piperidine rings is 1. The maximum Gasteiger partial charge on any atom is 0.348 e. The van der Waals surface area contributed by atoms with Crippen molar-refractivity contribution in [1.82, 2.24) is 24.6 Å². The summed E-state index contributed by atoms with van der Waals surface area (Å²) in [7, 11) is 0. The summed E-state index contributed by atoms with van der Waals surface area (Å²) in [5.74, 6) is 0.491. The molecule has 162 valence electrons. The molecule has 1 aliphatic heterocycles. The highest BCUT2D eigenvalue weighted by molar-refractivity contribution is 5.96. The van der Waals surface area contributed by atoms with Crippen LogP contribution in [0.5, 0.6) is 5.88 Å². The van der Waals surface area contributed by atoms with Gasteiger partial charge in [0, 0.05) is 25.7 Å². The number of carbonyl (C=O) groups is 1. The first-order valence-electron chi connectivity index (χ1n) is 10.4. The normalized spacial score (nSPS) is 14.6. The number of nitrogens with one attached hydrogen (secondary N) is 1. The predicted octanol–water partition coefficient (Wildman–Crippen LogP) is 2.59. The molecular formula is C22H24FN5O3. The van der Waals surface area contributed by atoms with E-state index in [9.17, 15) is 14.0 Å². The quantitative estimate of drug-likeness (QED) is 0.655. The first kappa shape index (κ1) is 20.8. The fourth-order valence-electron chi connectivity index (χ4n) is 3.92. The van der Waals surface area contributed by atoms with Gasteiger partial charge in [-0.05, 0) is 49.9 Å². The number of amides is 1. The summed E-state index contributed by atoms with van der Waals surface area (Å²) in [6.45, 7) is 3.45. The van der Waals surface area contributed by atoms with Crippen molar-refractivity contribution in [3.8, 4) is 11.6 Å². The Morgan fingerprint density at radius 3 is 2.74 bits per heavy atom. The van der Waals surface area contributed by atoms with Gasteiger partial charge >= 0.3 is 5.69 Å². The smallest absolute Gasteiger partial charge is 0.348 e. The van der Waals surface area contributed by atoms with Crippen LogP contribution in [0.1, 0.15) is 35.9 Å². The highest BCUT2D eigenvalue weighted by Crippen LogP contribution is 2.25. The average molecular weight is 425 g/mol. The lowest BCUT2D eigenvalue weighted by atomic mass is 9.93. The molecular weight excluding hydrogens is 401 g/mol. The van der Waals surface area contributed by atoms with Gasteiger partial charge in [0.1, 0.15) is 17.2 Å². The van der Waals surface area contributed by atoms with Gasteiger partial charge in [-0.25, -0.2) is 23.8 Å². The number of pyridine rings is 1. The Kier molecular flexibility index (Phi) is 6.11. The molecule has 9 heteroatoms. The van der Waals surface area contributed by atoms with E-state index < -0.39 is 11.5 Å². The molecule has 0 unspecified atom stereocenters. The third-order valence-electron chi connectivity index (χ3n) is 5.49. The van der Waals surface area contributed by atoms with E-state index >= 15 is 0 Å². The molecule has 8 nitrogen and oxygen atoms in total. The highest BCUT2D eigenvalue weighted by atomic mass is 19.1. The number of likely N-dealkylation sites (tertiary alicyclic amines) is 1. The fraction of sp³-hybridized carbons (Fsp3) is 0.364. The summed E-state index contributed by atoms with van der Waals surface area (Å²) >= 11 is 0. The molecule has 1 saturated heterocycles. The minimum Gasteiger partial charge on any atom is -0.477 e. The Hall–Kier alpha value is -3.49. The van der Waals surface area contributed by atoms with Crippen molar-refractivity contribution in [3.05, 3.63) is 70.3 Å². The van der Waals surface area contributed by atoms with Crippen molar-refractivity contribution in [2.24, 2.45) is 5.92 Å². The van der Waals surface area contributed by atoms with Crippen LogP contribution in [0.15, 0.2) is 47.4 Å². The number of aromatic nitrogens is 4. The Morgan fingerprint density at radius 1 is 1.23 bits per heavy atom. The average Bonchev–Trinajstić information content (AvgIpc) is 3.14. The number of ether oxygens (including phenoxy) is 1. The van der Waals surface area contributed by atoms with Crippen LogP contribution in [0.3, 0.4) is 0 Å². The van der Waals surface area contributed by atoms with Gasteiger partial charge in [-0.2, -0.15) is 5.10 Å². The van der Waals surface area contributed by atoms with Crippen LogP contribution in [0.2, 0.25) is 0 Å². The predicted molar refractivity (Wildman–Crippen MR) is 112 cm³/mol. The van der Waals surface area contributed by atoms with Gasteiger partial charge in [0.15, 0.2) is 0 Å². The number of rotatable bonds is 6. The molecule has 1 amide bonds. The Morgan fingerprint density at radius 2 is 2.00 bits per heavy atom. The molecule has 0 atom stereocenters. The van der Waals surface area contributed by atoms with Crippen LogP contribution in [-0.4, -0.2) is 50.3 Å². The molecule has 3 aromatic rings. The second-order valence-corrected chi connectivity index (χ2v) is 7.46. The van der Waals surface area contributed by atoms with Crippen LogP contribution < -0.4 is 10.4 Å². The van der Waals surface area contributed by atoms with Crippen molar-refractivity contribution in [2.75, 3.05) is 19.7 Å². The zero-order valence-corrected chi connectivity index (χ0v) is 17.3. The summed E-state index contributed by atoms with van der Waals surface area (Å²) in [4.78, 5) is 31.1. The first-order chi connectivity index (χ1) is 15.1. The molecule has 0 radical (unpaired) electrons. The number of nitrogens with zero attached hydrogens (tertiary/aromatic N) is 4. The lowest BCUT2D eigenvalue weighted by Crippen LogP contribution is -2.39. The van der Waals surface area contributed by atoms with E-state index in [1.165, 1.54) is 10.6 Å². The van der Waals surface area contributed by atoms with E-state index in [0.29, 0.717) is 43.4 Å². The lowest BCUT2D eigenvalue weighted by molar-refractivity contribution is 0.0684. The van der Waals surface area contributed by atoms with E-state index in [1.807, 2.05) is 6.92 Å². The van der Waals surface area contributed by atoms with E-state index in [4.69, 9.17) is 4.74 Å². The zero-order chi connectivity index (χ0) is 21.8. The molecule has 1 aromatic carbocycles. The van der Waals surface area contributed by atoms with Gasteiger partial charge in [-0.15, -0.1) is 0 Å². The first-order valence-corrected chi connectivity index (χ1v) is 10.4.